The highest BCUT2D eigenvalue weighted by Crippen LogP contribution is 1.95. The molecule has 0 amide bonds. The lowest BCUT2D eigenvalue weighted by molar-refractivity contribution is 0.192. The molecule has 3 N–H and O–H groups in total. The van der Waals surface area contributed by atoms with Crippen LogP contribution in [0.4, 0.5) is 0 Å². The summed E-state index contributed by atoms with van der Waals surface area (Å²) in [6.07, 6.45) is 0.599. The van der Waals surface area contributed by atoms with Gasteiger partial charge in [-0.1, -0.05) is 0 Å². The lowest BCUT2D eigenvalue weighted by atomic mass is 10.3. The van der Waals surface area contributed by atoms with Crippen LogP contribution in [0.5, 0.6) is 0 Å². The first-order valence-electron chi connectivity index (χ1n) is 6.09. The highest BCUT2D eigenvalue weighted by atomic mass is 15.2. The van der Waals surface area contributed by atoms with Gasteiger partial charge >= 0.3 is 0 Å². The van der Waals surface area contributed by atoms with Gasteiger partial charge in [-0.15, -0.1) is 0 Å². The van der Waals surface area contributed by atoms with Crippen LogP contribution in [0, 0.1) is 11.3 Å². The van der Waals surface area contributed by atoms with Crippen LogP contribution in [0.3, 0.4) is 0 Å². The van der Waals surface area contributed by atoms with Crippen molar-refractivity contribution in [3.05, 3.63) is 0 Å². The number of nitrogens with one attached hydrogen (secondary N) is 1. The van der Waals surface area contributed by atoms with E-state index in [9.17, 15) is 0 Å². The van der Waals surface area contributed by atoms with Gasteiger partial charge in [0, 0.05) is 65.3 Å². The Bertz CT molecular complexity index is 207. The molecule has 1 rings (SSSR count). The molecule has 0 radical (unpaired) electrons. The third kappa shape index (κ3) is 5.42. The number of nitrogens with two attached hydrogens (primary N) is 1. The second kappa shape index (κ2) is 8.48. The van der Waals surface area contributed by atoms with Crippen molar-refractivity contribution >= 4 is 0 Å². The average molecular weight is 225 g/mol. The Hall–Kier alpha value is -0.670. The quantitative estimate of drug-likeness (QED) is 0.586. The van der Waals surface area contributed by atoms with Crippen molar-refractivity contribution in [1.29, 1.82) is 5.26 Å². The van der Waals surface area contributed by atoms with Gasteiger partial charge in [-0.3, -0.25) is 9.80 Å². The average Bonchev–Trinajstić information content (AvgIpc) is 2.34. The zero-order valence-electron chi connectivity index (χ0n) is 9.99. The van der Waals surface area contributed by atoms with E-state index in [0.717, 1.165) is 52.4 Å². The summed E-state index contributed by atoms with van der Waals surface area (Å²) in [5, 5.41) is 11.9. The minimum absolute atomic E-state index is 0.599. The maximum absolute atomic E-state index is 8.57. The van der Waals surface area contributed by atoms with Crippen LogP contribution in [-0.4, -0.2) is 68.7 Å². The van der Waals surface area contributed by atoms with Crippen molar-refractivity contribution in [3.63, 3.8) is 0 Å². The van der Waals surface area contributed by atoms with Crippen molar-refractivity contribution in [2.75, 3.05) is 58.9 Å². The second-order valence-electron chi connectivity index (χ2n) is 4.13. The Kier molecular flexibility index (Phi) is 7.10. The normalized spacial score (nSPS) is 17.6. The molecule has 1 heterocycles. The van der Waals surface area contributed by atoms with Crippen molar-refractivity contribution in [2.24, 2.45) is 5.73 Å². The van der Waals surface area contributed by atoms with Gasteiger partial charge in [0.1, 0.15) is 0 Å². The fraction of sp³-hybridized carbons (Fsp3) is 0.909. The molecule has 0 bridgehead atoms. The summed E-state index contributed by atoms with van der Waals surface area (Å²) in [6, 6.07) is 2.19. The van der Waals surface area contributed by atoms with Gasteiger partial charge < -0.3 is 11.1 Å². The molecule has 0 unspecified atom stereocenters. The lowest BCUT2D eigenvalue weighted by Gasteiger charge is -2.30. The Balaban J connectivity index is 2.17. The number of rotatable bonds is 7. The molecular formula is C11H23N5. The molecule has 0 aromatic carbocycles. The van der Waals surface area contributed by atoms with Crippen LogP contribution >= 0.6 is 0 Å². The Morgan fingerprint density at radius 2 is 2.00 bits per heavy atom. The van der Waals surface area contributed by atoms with E-state index in [0.29, 0.717) is 13.0 Å². The number of nitriles is 1. The predicted molar refractivity (Wildman–Crippen MR) is 65.0 cm³/mol. The van der Waals surface area contributed by atoms with Gasteiger partial charge in [0.15, 0.2) is 0 Å². The third-order valence-corrected chi connectivity index (χ3v) is 2.93. The molecule has 5 nitrogen and oxygen atoms in total. The minimum atomic E-state index is 0.599. The maximum Gasteiger partial charge on any atom is 0.0635 e. The van der Waals surface area contributed by atoms with E-state index < -0.39 is 0 Å². The standard InChI is InChI=1S/C11H23N5/c12-2-1-6-15(7-3-13)10-11-16-8-4-14-5-9-16/h14H,1,3-11,13H2. The van der Waals surface area contributed by atoms with Crippen molar-refractivity contribution in [3.8, 4) is 6.07 Å². The van der Waals surface area contributed by atoms with Crippen LogP contribution < -0.4 is 11.1 Å². The first kappa shape index (κ1) is 13.4. The third-order valence-electron chi connectivity index (χ3n) is 2.93. The topological polar surface area (TPSA) is 68.3 Å². The molecule has 1 aliphatic heterocycles. The van der Waals surface area contributed by atoms with E-state index in [1.807, 2.05) is 0 Å². The van der Waals surface area contributed by atoms with E-state index in [2.05, 4.69) is 21.2 Å². The highest BCUT2D eigenvalue weighted by molar-refractivity contribution is 4.74. The van der Waals surface area contributed by atoms with E-state index in [1.54, 1.807) is 0 Å². The lowest BCUT2D eigenvalue weighted by Crippen LogP contribution is -2.46. The molecule has 1 aliphatic rings. The predicted octanol–water partition coefficient (Wildman–Crippen LogP) is -0.934. The van der Waals surface area contributed by atoms with E-state index in [4.69, 9.17) is 11.0 Å². The maximum atomic E-state index is 8.57. The van der Waals surface area contributed by atoms with Crippen molar-refractivity contribution in [1.82, 2.24) is 15.1 Å². The summed E-state index contributed by atoms with van der Waals surface area (Å²) in [5.74, 6) is 0. The highest BCUT2D eigenvalue weighted by Gasteiger charge is 2.11. The molecule has 0 aromatic heterocycles. The van der Waals surface area contributed by atoms with Crippen molar-refractivity contribution < 1.29 is 0 Å². The van der Waals surface area contributed by atoms with Crippen LogP contribution in [0.2, 0.25) is 0 Å². The first-order valence-corrected chi connectivity index (χ1v) is 6.09. The smallest absolute Gasteiger partial charge is 0.0635 e. The molecule has 0 aliphatic carbocycles. The van der Waals surface area contributed by atoms with E-state index >= 15 is 0 Å². The van der Waals surface area contributed by atoms with Crippen LogP contribution in [0.1, 0.15) is 6.42 Å². The molecular weight excluding hydrogens is 202 g/mol. The number of hydrogen-bond donors (Lipinski definition) is 2. The van der Waals surface area contributed by atoms with Gasteiger partial charge in [0.05, 0.1) is 6.07 Å². The molecule has 0 atom stereocenters. The zero-order chi connectivity index (χ0) is 11.6. The Morgan fingerprint density at radius 1 is 1.25 bits per heavy atom. The number of piperazine rings is 1. The van der Waals surface area contributed by atoms with Gasteiger partial charge in [-0.25, -0.2) is 0 Å². The monoisotopic (exact) mass is 225 g/mol. The van der Waals surface area contributed by atoms with Crippen LogP contribution in [0.25, 0.3) is 0 Å². The summed E-state index contributed by atoms with van der Waals surface area (Å²) in [6.45, 7) is 8.99. The van der Waals surface area contributed by atoms with Crippen LogP contribution in [-0.2, 0) is 0 Å². The second-order valence-corrected chi connectivity index (χ2v) is 4.13. The molecule has 5 heteroatoms. The summed E-state index contributed by atoms with van der Waals surface area (Å²) >= 11 is 0. The largest absolute Gasteiger partial charge is 0.329 e. The molecule has 1 saturated heterocycles. The number of hydrogen-bond acceptors (Lipinski definition) is 5. The number of nitrogens with zero attached hydrogens (tertiary/aromatic N) is 3. The van der Waals surface area contributed by atoms with Gasteiger partial charge in [0.2, 0.25) is 0 Å². The summed E-state index contributed by atoms with van der Waals surface area (Å²) in [7, 11) is 0. The van der Waals surface area contributed by atoms with Gasteiger partial charge in [-0.2, -0.15) is 5.26 Å². The van der Waals surface area contributed by atoms with Crippen LogP contribution in [0.15, 0.2) is 0 Å². The Morgan fingerprint density at radius 3 is 2.62 bits per heavy atom. The molecule has 0 saturated carbocycles. The molecule has 0 spiro atoms. The Labute approximate surface area is 98.2 Å². The summed E-state index contributed by atoms with van der Waals surface area (Å²) in [4.78, 5) is 4.75. The molecule has 0 aromatic rings. The fourth-order valence-corrected chi connectivity index (χ4v) is 1.94. The van der Waals surface area contributed by atoms with Gasteiger partial charge in [-0.05, 0) is 0 Å². The van der Waals surface area contributed by atoms with E-state index in [1.165, 1.54) is 0 Å². The summed E-state index contributed by atoms with van der Waals surface area (Å²) in [5.41, 5.74) is 5.56. The van der Waals surface area contributed by atoms with Gasteiger partial charge in [0.25, 0.3) is 0 Å². The van der Waals surface area contributed by atoms with E-state index in [-0.39, 0.29) is 0 Å². The molecule has 1 fully saturated rings. The minimum Gasteiger partial charge on any atom is -0.329 e. The molecule has 16 heavy (non-hydrogen) atoms. The SMILES string of the molecule is N#CCCN(CCN)CCN1CCNCC1. The van der Waals surface area contributed by atoms with Crippen molar-refractivity contribution in [2.45, 2.75) is 6.42 Å². The summed E-state index contributed by atoms with van der Waals surface area (Å²) < 4.78 is 0. The zero-order valence-corrected chi connectivity index (χ0v) is 9.99. The molecule has 92 valence electrons. The fourth-order valence-electron chi connectivity index (χ4n) is 1.94. The first-order chi connectivity index (χ1) is 7.86.